The summed E-state index contributed by atoms with van der Waals surface area (Å²) in [5, 5.41) is 10.8. The Bertz CT molecular complexity index is 416. The van der Waals surface area contributed by atoms with Gasteiger partial charge in [-0.15, -0.1) is 10.2 Å². The van der Waals surface area contributed by atoms with E-state index in [1.54, 1.807) is 6.33 Å². The molecule has 100 valence electrons. The minimum atomic E-state index is -0.123. The first-order valence-corrected chi connectivity index (χ1v) is 6.47. The van der Waals surface area contributed by atoms with Crippen molar-refractivity contribution < 1.29 is 4.79 Å². The summed E-state index contributed by atoms with van der Waals surface area (Å²) < 4.78 is 1.82. The van der Waals surface area contributed by atoms with Crippen LogP contribution in [0.15, 0.2) is 6.33 Å². The van der Waals surface area contributed by atoms with Crippen LogP contribution in [0.4, 0.5) is 4.79 Å². The normalized spacial score (nSPS) is 21.7. The fourth-order valence-electron chi connectivity index (χ4n) is 2.40. The Balaban J connectivity index is 1.93. The third-order valence-corrected chi connectivity index (χ3v) is 3.42. The number of hydrogen-bond donors (Lipinski definition) is 1. The van der Waals surface area contributed by atoms with E-state index in [1.807, 2.05) is 23.4 Å². The predicted molar refractivity (Wildman–Crippen MR) is 67.9 cm³/mol. The number of carbonyl (C=O) groups is 1. The smallest absolute Gasteiger partial charge is 0.317 e. The zero-order valence-electron chi connectivity index (χ0n) is 11.3. The molecule has 1 aliphatic rings. The lowest BCUT2D eigenvalue weighted by atomic mass is 10.0. The summed E-state index contributed by atoms with van der Waals surface area (Å²) in [5.41, 5.74) is 0. The maximum Gasteiger partial charge on any atom is 0.317 e. The van der Waals surface area contributed by atoms with Gasteiger partial charge in [-0.05, 0) is 25.7 Å². The zero-order valence-corrected chi connectivity index (χ0v) is 11.3. The molecule has 0 radical (unpaired) electrons. The van der Waals surface area contributed by atoms with Crippen LogP contribution in [-0.2, 0) is 7.05 Å². The Labute approximate surface area is 107 Å². The number of aryl methyl sites for hydroxylation is 1. The van der Waals surface area contributed by atoms with Crippen LogP contribution in [0.25, 0.3) is 0 Å². The highest BCUT2D eigenvalue weighted by Crippen LogP contribution is 2.16. The Kier molecular flexibility index (Phi) is 3.84. The molecule has 0 saturated carbocycles. The summed E-state index contributed by atoms with van der Waals surface area (Å²) in [5.74, 6) is 1.36. The van der Waals surface area contributed by atoms with Crippen molar-refractivity contribution in [2.45, 2.75) is 32.7 Å². The van der Waals surface area contributed by atoms with Crippen LogP contribution in [0.3, 0.4) is 0 Å². The standard InChI is InChI=1S/C12H21N5O/c1-9-5-4-6-17(7-9)12(18)14-10(2)11-15-13-8-16(11)3/h8-10H,4-7H2,1-3H3,(H,14,18). The van der Waals surface area contributed by atoms with Crippen molar-refractivity contribution in [3.8, 4) is 0 Å². The van der Waals surface area contributed by atoms with Crippen LogP contribution < -0.4 is 5.32 Å². The van der Waals surface area contributed by atoms with E-state index in [4.69, 9.17) is 0 Å². The van der Waals surface area contributed by atoms with Gasteiger partial charge in [0.15, 0.2) is 5.82 Å². The molecule has 1 N–H and O–H groups in total. The summed E-state index contributed by atoms with van der Waals surface area (Å²) in [6.45, 7) is 5.81. The predicted octanol–water partition coefficient (Wildman–Crippen LogP) is 1.32. The van der Waals surface area contributed by atoms with E-state index in [-0.39, 0.29) is 12.1 Å². The lowest BCUT2D eigenvalue weighted by Crippen LogP contribution is -2.46. The fourth-order valence-corrected chi connectivity index (χ4v) is 2.40. The number of carbonyl (C=O) groups excluding carboxylic acids is 1. The molecule has 1 aliphatic heterocycles. The first-order chi connectivity index (χ1) is 8.58. The van der Waals surface area contributed by atoms with Crippen molar-refractivity contribution in [1.29, 1.82) is 0 Å². The second-order valence-electron chi connectivity index (χ2n) is 5.16. The second kappa shape index (κ2) is 5.37. The van der Waals surface area contributed by atoms with Crippen LogP contribution in [0.1, 0.15) is 38.6 Å². The third kappa shape index (κ3) is 2.80. The highest BCUT2D eigenvalue weighted by atomic mass is 16.2. The van der Waals surface area contributed by atoms with Crippen molar-refractivity contribution in [2.24, 2.45) is 13.0 Å². The first-order valence-electron chi connectivity index (χ1n) is 6.47. The molecule has 2 unspecified atom stereocenters. The lowest BCUT2D eigenvalue weighted by molar-refractivity contribution is 0.166. The number of likely N-dealkylation sites (tertiary alicyclic amines) is 1. The number of aromatic nitrogens is 3. The number of nitrogens with one attached hydrogen (secondary N) is 1. The maximum absolute atomic E-state index is 12.1. The van der Waals surface area contributed by atoms with Crippen LogP contribution in [0, 0.1) is 5.92 Å². The van der Waals surface area contributed by atoms with Crippen LogP contribution >= 0.6 is 0 Å². The van der Waals surface area contributed by atoms with E-state index in [2.05, 4.69) is 22.4 Å². The quantitative estimate of drug-likeness (QED) is 0.862. The van der Waals surface area contributed by atoms with Gasteiger partial charge in [0.1, 0.15) is 6.33 Å². The second-order valence-corrected chi connectivity index (χ2v) is 5.16. The summed E-state index contributed by atoms with van der Waals surface area (Å²) >= 11 is 0. The Morgan fingerprint density at radius 1 is 1.61 bits per heavy atom. The average molecular weight is 251 g/mol. The Morgan fingerprint density at radius 2 is 2.39 bits per heavy atom. The zero-order chi connectivity index (χ0) is 13.1. The molecule has 1 fully saturated rings. The highest BCUT2D eigenvalue weighted by molar-refractivity contribution is 5.74. The first kappa shape index (κ1) is 12.9. The van der Waals surface area contributed by atoms with Gasteiger partial charge in [0, 0.05) is 20.1 Å². The van der Waals surface area contributed by atoms with E-state index < -0.39 is 0 Å². The molecule has 0 aliphatic carbocycles. The largest absolute Gasteiger partial charge is 0.328 e. The maximum atomic E-state index is 12.1. The molecular formula is C12H21N5O. The fraction of sp³-hybridized carbons (Fsp3) is 0.750. The van der Waals surface area contributed by atoms with Gasteiger partial charge in [0.2, 0.25) is 0 Å². The number of hydrogen-bond acceptors (Lipinski definition) is 3. The topological polar surface area (TPSA) is 63.1 Å². The third-order valence-electron chi connectivity index (χ3n) is 3.42. The minimum Gasteiger partial charge on any atom is -0.328 e. The molecule has 1 aromatic rings. The van der Waals surface area contributed by atoms with Gasteiger partial charge in [0.25, 0.3) is 0 Å². The molecule has 18 heavy (non-hydrogen) atoms. The molecule has 2 atom stereocenters. The molecule has 2 amide bonds. The molecule has 6 heteroatoms. The number of urea groups is 1. The summed E-state index contributed by atoms with van der Waals surface area (Å²) in [6, 6.07) is -0.126. The van der Waals surface area contributed by atoms with Crippen molar-refractivity contribution in [2.75, 3.05) is 13.1 Å². The van der Waals surface area contributed by atoms with E-state index in [9.17, 15) is 4.79 Å². The molecule has 0 bridgehead atoms. The van der Waals surface area contributed by atoms with Crippen LogP contribution in [0.2, 0.25) is 0 Å². The number of amides is 2. The van der Waals surface area contributed by atoms with Crippen LogP contribution in [-0.4, -0.2) is 38.8 Å². The van der Waals surface area contributed by atoms with Gasteiger partial charge >= 0.3 is 6.03 Å². The van der Waals surface area contributed by atoms with E-state index >= 15 is 0 Å². The molecule has 2 rings (SSSR count). The molecule has 1 saturated heterocycles. The van der Waals surface area contributed by atoms with Gasteiger partial charge in [-0.1, -0.05) is 6.92 Å². The van der Waals surface area contributed by atoms with Gasteiger partial charge in [0.05, 0.1) is 6.04 Å². The van der Waals surface area contributed by atoms with Gasteiger partial charge in [-0.2, -0.15) is 0 Å². The Hall–Kier alpha value is -1.59. The number of rotatable bonds is 2. The van der Waals surface area contributed by atoms with Crippen molar-refractivity contribution >= 4 is 6.03 Å². The summed E-state index contributed by atoms with van der Waals surface area (Å²) in [7, 11) is 1.88. The van der Waals surface area contributed by atoms with Crippen molar-refractivity contribution in [1.82, 2.24) is 25.0 Å². The van der Waals surface area contributed by atoms with E-state index in [0.29, 0.717) is 5.92 Å². The molecule has 0 spiro atoms. The molecule has 2 heterocycles. The van der Waals surface area contributed by atoms with Gasteiger partial charge in [-0.3, -0.25) is 0 Å². The summed E-state index contributed by atoms with van der Waals surface area (Å²) in [6.07, 6.45) is 3.94. The summed E-state index contributed by atoms with van der Waals surface area (Å²) in [4.78, 5) is 14.0. The Morgan fingerprint density at radius 3 is 3.00 bits per heavy atom. The lowest BCUT2D eigenvalue weighted by Gasteiger charge is -2.31. The molecular weight excluding hydrogens is 230 g/mol. The average Bonchev–Trinajstić information content (AvgIpc) is 2.75. The highest BCUT2D eigenvalue weighted by Gasteiger charge is 2.23. The SMILES string of the molecule is CC1CCCN(C(=O)NC(C)c2nncn2C)C1. The monoisotopic (exact) mass is 251 g/mol. The molecule has 0 aromatic carbocycles. The van der Waals surface area contributed by atoms with E-state index in [1.165, 1.54) is 6.42 Å². The van der Waals surface area contributed by atoms with Crippen molar-refractivity contribution in [3.05, 3.63) is 12.2 Å². The minimum absolute atomic E-state index is 0.00273. The van der Waals surface area contributed by atoms with Gasteiger partial charge in [-0.25, -0.2) is 4.79 Å². The number of piperidine rings is 1. The van der Waals surface area contributed by atoms with Gasteiger partial charge < -0.3 is 14.8 Å². The van der Waals surface area contributed by atoms with Crippen molar-refractivity contribution in [3.63, 3.8) is 0 Å². The van der Waals surface area contributed by atoms with Crippen LogP contribution in [0.5, 0.6) is 0 Å². The number of nitrogens with zero attached hydrogens (tertiary/aromatic N) is 4. The van der Waals surface area contributed by atoms with E-state index in [0.717, 1.165) is 25.3 Å². The molecule has 1 aromatic heterocycles. The molecule has 6 nitrogen and oxygen atoms in total.